The van der Waals surface area contributed by atoms with E-state index in [0.717, 1.165) is 30.0 Å². The van der Waals surface area contributed by atoms with Gasteiger partial charge in [0.1, 0.15) is 10.8 Å². The highest BCUT2D eigenvalue weighted by Crippen LogP contribution is 2.42. The van der Waals surface area contributed by atoms with Crippen LogP contribution >= 0.6 is 11.3 Å². The van der Waals surface area contributed by atoms with E-state index < -0.39 is 6.10 Å². The minimum absolute atomic E-state index is 0.146. The molecule has 124 valence electrons. The largest absolute Gasteiger partial charge is 0.481 e. The highest BCUT2D eigenvalue weighted by molar-refractivity contribution is 7.09. The molecule has 1 heterocycles. The number of benzene rings is 1. The third-order valence-electron chi connectivity index (χ3n) is 4.26. The summed E-state index contributed by atoms with van der Waals surface area (Å²) in [5, 5.41) is 14.9. The molecule has 1 aliphatic carbocycles. The molecular formula is C18H19N3O2S. The van der Waals surface area contributed by atoms with E-state index in [0.29, 0.717) is 11.3 Å². The molecule has 24 heavy (non-hydrogen) atoms. The molecule has 1 N–H and O–H groups in total. The van der Waals surface area contributed by atoms with Crippen LogP contribution in [0.3, 0.4) is 0 Å². The minimum Gasteiger partial charge on any atom is -0.481 e. The molecule has 0 bridgehead atoms. The molecule has 1 aromatic carbocycles. The second kappa shape index (κ2) is 6.62. The molecule has 1 fully saturated rings. The van der Waals surface area contributed by atoms with E-state index in [1.807, 2.05) is 12.3 Å². The van der Waals surface area contributed by atoms with Crippen LogP contribution in [-0.2, 0) is 10.3 Å². The summed E-state index contributed by atoms with van der Waals surface area (Å²) >= 11 is 1.60. The van der Waals surface area contributed by atoms with Gasteiger partial charge in [-0.3, -0.25) is 4.79 Å². The fraction of sp³-hybridized carbons (Fsp3) is 0.389. The maximum atomic E-state index is 12.5. The Kier molecular flexibility index (Phi) is 4.54. The molecular weight excluding hydrogens is 322 g/mol. The number of aromatic nitrogens is 1. The summed E-state index contributed by atoms with van der Waals surface area (Å²) in [6, 6.07) is 8.80. The lowest BCUT2D eigenvalue weighted by molar-refractivity contribution is -0.130. The lowest BCUT2D eigenvalue weighted by atomic mass is 9.77. The van der Waals surface area contributed by atoms with Crippen LogP contribution in [0.15, 0.2) is 29.6 Å². The van der Waals surface area contributed by atoms with Gasteiger partial charge in [-0.25, -0.2) is 4.98 Å². The SMILES string of the molecule is Cc1csc(C2(NC(=O)[C@@H](C)Oc3ccc(C#N)cc3)CCC2)n1. The van der Waals surface area contributed by atoms with Crippen molar-refractivity contribution < 1.29 is 9.53 Å². The van der Waals surface area contributed by atoms with E-state index in [9.17, 15) is 4.79 Å². The van der Waals surface area contributed by atoms with Gasteiger partial charge in [-0.1, -0.05) is 0 Å². The first-order valence-electron chi connectivity index (χ1n) is 7.94. The first-order valence-corrected chi connectivity index (χ1v) is 8.82. The van der Waals surface area contributed by atoms with Crippen LogP contribution < -0.4 is 10.1 Å². The fourth-order valence-electron chi connectivity index (χ4n) is 2.70. The van der Waals surface area contributed by atoms with E-state index in [1.165, 1.54) is 0 Å². The molecule has 0 radical (unpaired) electrons. The van der Waals surface area contributed by atoms with Gasteiger partial charge in [0.2, 0.25) is 0 Å². The van der Waals surface area contributed by atoms with Gasteiger partial charge in [0, 0.05) is 11.1 Å². The van der Waals surface area contributed by atoms with Gasteiger partial charge < -0.3 is 10.1 Å². The fourth-order valence-corrected chi connectivity index (χ4v) is 3.71. The van der Waals surface area contributed by atoms with Crippen molar-refractivity contribution in [2.24, 2.45) is 0 Å². The Balaban J connectivity index is 1.66. The second-order valence-electron chi connectivity index (χ2n) is 6.12. The van der Waals surface area contributed by atoms with E-state index in [1.54, 1.807) is 42.5 Å². The zero-order valence-corrected chi connectivity index (χ0v) is 14.5. The predicted molar refractivity (Wildman–Crippen MR) is 91.8 cm³/mol. The van der Waals surface area contributed by atoms with Gasteiger partial charge in [0.05, 0.1) is 17.2 Å². The number of amides is 1. The summed E-state index contributed by atoms with van der Waals surface area (Å²) < 4.78 is 5.69. The lowest BCUT2D eigenvalue weighted by Gasteiger charge is -2.41. The summed E-state index contributed by atoms with van der Waals surface area (Å²) in [7, 11) is 0. The van der Waals surface area contributed by atoms with Crippen molar-refractivity contribution in [2.45, 2.75) is 44.8 Å². The van der Waals surface area contributed by atoms with Crippen LogP contribution in [0.5, 0.6) is 5.75 Å². The van der Waals surface area contributed by atoms with E-state index in [2.05, 4.69) is 16.4 Å². The number of ether oxygens (including phenoxy) is 1. The Bertz CT molecular complexity index is 772. The van der Waals surface area contributed by atoms with Crippen molar-refractivity contribution in [2.75, 3.05) is 0 Å². The molecule has 6 heteroatoms. The molecule has 1 aromatic heterocycles. The van der Waals surface area contributed by atoms with Crippen LogP contribution in [-0.4, -0.2) is 17.0 Å². The van der Waals surface area contributed by atoms with Crippen LogP contribution in [0.1, 0.15) is 42.5 Å². The number of carbonyl (C=O) groups excluding carboxylic acids is 1. The molecule has 0 saturated heterocycles. The lowest BCUT2D eigenvalue weighted by Crippen LogP contribution is -2.54. The van der Waals surface area contributed by atoms with Crippen molar-refractivity contribution in [3.8, 4) is 11.8 Å². The number of aryl methyl sites for hydroxylation is 1. The molecule has 1 atom stereocenters. The van der Waals surface area contributed by atoms with Gasteiger partial charge in [0.25, 0.3) is 5.91 Å². The van der Waals surface area contributed by atoms with Crippen molar-refractivity contribution >= 4 is 17.2 Å². The van der Waals surface area contributed by atoms with Crippen molar-refractivity contribution in [3.05, 3.63) is 45.9 Å². The van der Waals surface area contributed by atoms with Crippen molar-refractivity contribution in [1.82, 2.24) is 10.3 Å². The van der Waals surface area contributed by atoms with Crippen molar-refractivity contribution in [1.29, 1.82) is 5.26 Å². The summed E-state index contributed by atoms with van der Waals surface area (Å²) in [6.07, 6.45) is 2.30. The standard InChI is InChI=1S/C18H19N3O2S/c1-12-11-24-17(20-12)18(8-3-9-18)21-16(22)13(2)23-15-6-4-14(10-19)5-7-15/h4-7,11,13H,3,8-9H2,1-2H3,(H,21,22)/t13-/m1/s1. The number of hydrogen-bond acceptors (Lipinski definition) is 5. The Morgan fingerprint density at radius 3 is 2.62 bits per heavy atom. The summed E-state index contributed by atoms with van der Waals surface area (Å²) in [6.45, 7) is 3.69. The number of nitriles is 1. The molecule has 1 amide bonds. The number of rotatable bonds is 5. The van der Waals surface area contributed by atoms with Gasteiger partial charge >= 0.3 is 0 Å². The second-order valence-corrected chi connectivity index (χ2v) is 6.97. The highest BCUT2D eigenvalue weighted by atomic mass is 32.1. The molecule has 1 saturated carbocycles. The smallest absolute Gasteiger partial charge is 0.261 e. The zero-order valence-electron chi connectivity index (χ0n) is 13.7. The first-order chi connectivity index (χ1) is 11.5. The molecule has 3 rings (SSSR count). The summed E-state index contributed by atoms with van der Waals surface area (Å²) in [5.74, 6) is 0.427. The molecule has 0 unspecified atom stereocenters. The maximum Gasteiger partial charge on any atom is 0.261 e. The molecule has 0 aliphatic heterocycles. The average molecular weight is 341 g/mol. The zero-order chi connectivity index (χ0) is 17.2. The Hall–Kier alpha value is -2.39. The van der Waals surface area contributed by atoms with Crippen LogP contribution in [0.4, 0.5) is 0 Å². The van der Waals surface area contributed by atoms with Crippen LogP contribution in [0.25, 0.3) is 0 Å². The Labute approximate surface area is 145 Å². The first kappa shape index (κ1) is 16.5. The quantitative estimate of drug-likeness (QED) is 0.905. The highest BCUT2D eigenvalue weighted by Gasteiger charge is 2.43. The van der Waals surface area contributed by atoms with Gasteiger partial charge in [-0.2, -0.15) is 5.26 Å². The van der Waals surface area contributed by atoms with E-state index >= 15 is 0 Å². The van der Waals surface area contributed by atoms with Gasteiger partial charge in [0.15, 0.2) is 6.10 Å². The summed E-state index contributed by atoms with van der Waals surface area (Å²) in [4.78, 5) is 17.1. The van der Waals surface area contributed by atoms with Crippen LogP contribution in [0.2, 0.25) is 0 Å². The third kappa shape index (κ3) is 3.26. The molecule has 2 aromatic rings. The topological polar surface area (TPSA) is 75.0 Å². The number of nitrogens with one attached hydrogen (secondary N) is 1. The minimum atomic E-state index is -0.614. The molecule has 0 spiro atoms. The van der Waals surface area contributed by atoms with Gasteiger partial charge in [-0.15, -0.1) is 11.3 Å². The molecule has 5 nitrogen and oxygen atoms in total. The van der Waals surface area contributed by atoms with Crippen LogP contribution in [0, 0.1) is 18.3 Å². The summed E-state index contributed by atoms with van der Waals surface area (Å²) in [5.41, 5.74) is 1.21. The monoisotopic (exact) mass is 341 g/mol. The third-order valence-corrected chi connectivity index (χ3v) is 5.43. The Morgan fingerprint density at radius 2 is 2.12 bits per heavy atom. The number of nitrogens with zero attached hydrogens (tertiary/aromatic N) is 2. The van der Waals surface area contributed by atoms with E-state index in [4.69, 9.17) is 10.00 Å². The Morgan fingerprint density at radius 1 is 1.42 bits per heavy atom. The van der Waals surface area contributed by atoms with Crippen molar-refractivity contribution in [3.63, 3.8) is 0 Å². The molecule has 1 aliphatic rings. The number of carbonyl (C=O) groups is 1. The maximum absolute atomic E-state index is 12.5. The number of thiazole rings is 1. The van der Waals surface area contributed by atoms with E-state index in [-0.39, 0.29) is 11.4 Å². The number of hydrogen-bond donors (Lipinski definition) is 1. The predicted octanol–water partition coefficient (Wildman–Crippen LogP) is 3.29. The normalized spacial score (nSPS) is 16.5. The average Bonchev–Trinajstić information content (AvgIpc) is 2.98. The van der Waals surface area contributed by atoms with Gasteiger partial charge in [-0.05, 0) is 57.4 Å².